The Bertz CT molecular complexity index is 1070. The standard InChI is InChI=1S/C28H37ClN4O3/c1-28(2,20-29)27(35)31-23-8-9-25(33-13-10-21-6-3-4-7-22(21)19-33)24(18-23)26(34)30-11-5-12-32-14-16-36-17-15-32/h3-4,6-9,18H,5,10-17,19-20H2,1-2H3,(H,30,34)(H,31,35). The van der Waals surface area contributed by atoms with Gasteiger partial charge in [0.05, 0.1) is 24.2 Å². The first-order chi connectivity index (χ1) is 17.4. The molecule has 2 aromatic rings. The molecule has 36 heavy (non-hydrogen) atoms. The molecule has 2 aliphatic rings. The van der Waals surface area contributed by atoms with Crippen LogP contribution in [0.15, 0.2) is 42.5 Å². The lowest BCUT2D eigenvalue weighted by Gasteiger charge is -2.32. The third-order valence-corrected chi connectivity index (χ3v) is 7.63. The van der Waals surface area contributed by atoms with Gasteiger partial charge < -0.3 is 20.3 Å². The van der Waals surface area contributed by atoms with Crippen molar-refractivity contribution in [3.8, 4) is 0 Å². The maximum Gasteiger partial charge on any atom is 0.253 e. The van der Waals surface area contributed by atoms with Gasteiger partial charge in [0, 0.05) is 50.0 Å². The highest BCUT2D eigenvalue weighted by Gasteiger charge is 2.27. The number of ether oxygens (including phenoxy) is 1. The molecular weight excluding hydrogens is 476 g/mol. The lowest BCUT2D eigenvalue weighted by atomic mass is 9.95. The topological polar surface area (TPSA) is 73.9 Å². The molecule has 2 aromatic carbocycles. The van der Waals surface area contributed by atoms with Gasteiger partial charge in [-0.05, 0) is 62.6 Å². The van der Waals surface area contributed by atoms with Gasteiger partial charge in [0.1, 0.15) is 0 Å². The molecule has 0 atom stereocenters. The van der Waals surface area contributed by atoms with Gasteiger partial charge in [-0.1, -0.05) is 24.3 Å². The highest BCUT2D eigenvalue weighted by molar-refractivity contribution is 6.20. The van der Waals surface area contributed by atoms with E-state index in [9.17, 15) is 9.59 Å². The molecule has 0 aliphatic carbocycles. The van der Waals surface area contributed by atoms with Crippen molar-refractivity contribution < 1.29 is 14.3 Å². The van der Waals surface area contributed by atoms with Crippen LogP contribution in [0, 0.1) is 5.41 Å². The molecule has 1 fully saturated rings. The number of carbonyl (C=O) groups excluding carboxylic acids is 2. The highest BCUT2D eigenvalue weighted by Crippen LogP contribution is 2.30. The SMILES string of the molecule is CC(C)(CCl)C(=O)Nc1ccc(N2CCc3ccccc3C2)c(C(=O)NCCCN2CCOCC2)c1. The molecule has 194 valence electrons. The first-order valence-electron chi connectivity index (χ1n) is 12.8. The summed E-state index contributed by atoms with van der Waals surface area (Å²) in [5.74, 6) is -0.0896. The van der Waals surface area contributed by atoms with E-state index in [0.29, 0.717) is 17.8 Å². The zero-order chi connectivity index (χ0) is 25.5. The smallest absolute Gasteiger partial charge is 0.253 e. The lowest BCUT2D eigenvalue weighted by Crippen LogP contribution is -2.38. The fourth-order valence-electron chi connectivity index (χ4n) is 4.56. The molecule has 2 heterocycles. The number of benzene rings is 2. The van der Waals surface area contributed by atoms with Crippen LogP contribution in [-0.4, -0.2) is 68.5 Å². The van der Waals surface area contributed by atoms with Crippen molar-refractivity contribution >= 4 is 34.8 Å². The molecule has 2 amide bonds. The van der Waals surface area contributed by atoms with Gasteiger partial charge >= 0.3 is 0 Å². The largest absolute Gasteiger partial charge is 0.379 e. The number of carbonyl (C=O) groups is 2. The molecule has 0 aromatic heterocycles. The zero-order valence-corrected chi connectivity index (χ0v) is 22.1. The second kappa shape index (κ2) is 12.1. The summed E-state index contributed by atoms with van der Waals surface area (Å²) in [4.78, 5) is 30.7. The van der Waals surface area contributed by atoms with Crippen LogP contribution in [0.2, 0.25) is 0 Å². The predicted molar refractivity (Wildman–Crippen MR) is 145 cm³/mol. The Morgan fingerprint density at radius 2 is 1.81 bits per heavy atom. The van der Waals surface area contributed by atoms with Crippen LogP contribution in [0.4, 0.5) is 11.4 Å². The minimum Gasteiger partial charge on any atom is -0.379 e. The van der Waals surface area contributed by atoms with E-state index in [-0.39, 0.29) is 17.7 Å². The average Bonchev–Trinajstić information content (AvgIpc) is 2.91. The van der Waals surface area contributed by atoms with Crippen LogP contribution >= 0.6 is 11.6 Å². The van der Waals surface area contributed by atoms with Gasteiger partial charge in [-0.15, -0.1) is 11.6 Å². The van der Waals surface area contributed by atoms with E-state index in [2.05, 4.69) is 44.7 Å². The number of hydrogen-bond donors (Lipinski definition) is 2. The maximum absolute atomic E-state index is 13.4. The first-order valence-corrected chi connectivity index (χ1v) is 13.3. The van der Waals surface area contributed by atoms with Crippen LogP contribution < -0.4 is 15.5 Å². The van der Waals surface area contributed by atoms with Crippen molar-refractivity contribution in [1.29, 1.82) is 0 Å². The van der Waals surface area contributed by atoms with Crippen LogP contribution in [0.3, 0.4) is 0 Å². The van der Waals surface area contributed by atoms with Gasteiger partial charge in [0.15, 0.2) is 0 Å². The molecule has 0 spiro atoms. The molecule has 8 heteroatoms. The Balaban J connectivity index is 1.49. The van der Waals surface area contributed by atoms with Crippen molar-refractivity contribution in [1.82, 2.24) is 10.2 Å². The summed E-state index contributed by atoms with van der Waals surface area (Å²) < 4.78 is 5.41. The number of amides is 2. The lowest BCUT2D eigenvalue weighted by molar-refractivity contribution is -0.122. The van der Waals surface area contributed by atoms with Crippen molar-refractivity contribution in [3.05, 3.63) is 59.2 Å². The summed E-state index contributed by atoms with van der Waals surface area (Å²) in [6, 6.07) is 14.1. The van der Waals surface area contributed by atoms with E-state index in [1.54, 1.807) is 19.9 Å². The van der Waals surface area contributed by atoms with Gasteiger partial charge in [0.2, 0.25) is 5.91 Å². The Morgan fingerprint density at radius 3 is 2.56 bits per heavy atom. The Kier molecular flexibility index (Phi) is 8.88. The highest BCUT2D eigenvalue weighted by atomic mass is 35.5. The Labute approximate surface area is 219 Å². The molecule has 7 nitrogen and oxygen atoms in total. The third-order valence-electron chi connectivity index (χ3n) is 6.96. The normalized spacial score (nSPS) is 16.4. The molecule has 2 N–H and O–H groups in total. The molecular formula is C28H37ClN4O3. The molecule has 4 rings (SSSR count). The number of anilines is 2. The maximum atomic E-state index is 13.4. The summed E-state index contributed by atoms with van der Waals surface area (Å²) in [6.07, 6.45) is 1.80. The molecule has 0 radical (unpaired) electrons. The minimum absolute atomic E-state index is 0.126. The summed E-state index contributed by atoms with van der Waals surface area (Å²) in [5, 5.41) is 6.05. The van der Waals surface area contributed by atoms with Gasteiger partial charge in [-0.25, -0.2) is 0 Å². The Hall–Kier alpha value is -2.61. The number of hydrogen-bond acceptors (Lipinski definition) is 5. The monoisotopic (exact) mass is 512 g/mol. The fourth-order valence-corrected chi connectivity index (χ4v) is 4.68. The Morgan fingerprint density at radius 1 is 1.06 bits per heavy atom. The molecule has 0 unspecified atom stereocenters. The van der Waals surface area contributed by atoms with E-state index in [1.807, 2.05) is 12.1 Å². The third kappa shape index (κ3) is 6.58. The fraction of sp³-hybridized carbons (Fsp3) is 0.500. The van der Waals surface area contributed by atoms with Crippen molar-refractivity contribution in [2.75, 3.05) is 62.0 Å². The van der Waals surface area contributed by atoms with Gasteiger partial charge in [-0.2, -0.15) is 0 Å². The second-order valence-corrected chi connectivity index (χ2v) is 10.5. The van der Waals surface area contributed by atoms with Crippen LogP contribution in [-0.2, 0) is 22.5 Å². The quantitative estimate of drug-likeness (QED) is 0.394. The summed E-state index contributed by atoms with van der Waals surface area (Å²) in [5.41, 5.74) is 3.97. The van der Waals surface area contributed by atoms with E-state index in [0.717, 1.165) is 64.5 Å². The van der Waals surface area contributed by atoms with Crippen LogP contribution in [0.5, 0.6) is 0 Å². The number of fused-ring (bicyclic) bond motifs is 1. The number of nitrogens with one attached hydrogen (secondary N) is 2. The summed E-state index contributed by atoms with van der Waals surface area (Å²) >= 11 is 5.99. The van der Waals surface area contributed by atoms with Crippen LogP contribution in [0.25, 0.3) is 0 Å². The zero-order valence-electron chi connectivity index (χ0n) is 21.3. The van der Waals surface area contributed by atoms with E-state index in [4.69, 9.17) is 16.3 Å². The van der Waals surface area contributed by atoms with E-state index in [1.165, 1.54) is 11.1 Å². The first kappa shape index (κ1) is 26.5. The number of nitrogens with zero attached hydrogens (tertiary/aromatic N) is 2. The minimum atomic E-state index is -0.710. The van der Waals surface area contributed by atoms with Crippen molar-refractivity contribution in [2.24, 2.45) is 5.41 Å². The summed E-state index contributed by atoms with van der Waals surface area (Å²) in [6.45, 7) is 10.1. The number of rotatable bonds is 9. The number of alkyl halides is 1. The van der Waals surface area contributed by atoms with Gasteiger partial charge in [-0.3, -0.25) is 14.5 Å². The predicted octanol–water partition coefficient (Wildman–Crippen LogP) is 3.90. The van der Waals surface area contributed by atoms with Crippen molar-refractivity contribution in [2.45, 2.75) is 33.2 Å². The van der Waals surface area contributed by atoms with E-state index < -0.39 is 5.41 Å². The van der Waals surface area contributed by atoms with Gasteiger partial charge in [0.25, 0.3) is 5.91 Å². The second-order valence-electron chi connectivity index (χ2n) is 10.2. The molecule has 2 aliphatic heterocycles. The number of halogens is 1. The summed E-state index contributed by atoms with van der Waals surface area (Å²) in [7, 11) is 0. The van der Waals surface area contributed by atoms with E-state index >= 15 is 0 Å². The van der Waals surface area contributed by atoms with Crippen LogP contribution in [0.1, 0.15) is 41.8 Å². The van der Waals surface area contributed by atoms with Crippen molar-refractivity contribution in [3.63, 3.8) is 0 Å². The molecule has 0 saturated carbocycles. The molecule has 1 saturated heterocycles. The number of morpholine rings is 1. The average molecular weight is 513 g/mol. The molecule has 0 bridgehead atoms.